The van der Waals surface area contributed by atoms with Crippen LogP contribution in [0.25, 0.3) is 0 Å². The van der Waals surface area contributed by atoms with Gasteiger partial charge in [-0.25, -0.2) is 4.99 Å². The molecule has 0 spiro atoms. The van der Waals surface area contributed by atoms with Gasteiger partial charge in [0, 0.05) is 37.9 Å². The highest BCUT2D eigenvalue weighted by molar-refractivity contribution is 5.77. The van der Waals surface area contributed by atoms with Gasteiger partial charge in [-0.3, -0.25) is 9.58 Å². The summed E-state index contributed by atoms with van der Waals surface area (Å²) >= 11 is 0. The molecule has 1 aromatic rings. The average molecular weight is 336 g/mol. The Morgan fingerprint density at radius 2 is 2.04 bits per heavy atom. The van der Waals surface area contributed by atoms with E-state index in [0.29, 0.717) is 12.5 Å². The Hall–Kier alpha value is -1.60. The first kappa shape index (κ1) is 18.7. The highest BCUT2D eigenvalue weighted by Gasteiger charge is 2.13. The number of guanidine groups is 1. The van der Waals surface area contributed by atoms with E-state index in [9.17, 15) is 0 Å². The molecule has 3 N–H and O–H groups in total. The van der Waals surface area contributed by atoms with Crippen molar-refractivity contribution in [3.8, 4) is 0 Å². The van der Waals surface area contributed by atoms with Gasteiger partial charge in [-0.05, 0) is 25.8 Å². The molecule has 0 radical (unpaired) electrons. The van der Waals surface area contributed by atoms with Gasteiger partial charge < -0.3 is 15.8 Å². The number of aliphatic imine (C=N–C) groups is 1. The molecule has 0 unspecified atom stereocenters. The van der Waals surface area contributed by atoms with Gasteiger partial charge in [0.25, 0.3) is 0 Å². The van der Waals surface area contributed by atoms with Gasteiger partial charge >= 0.3 is 0 Å². The van der Waals surface area contributed by atoms with Gasteiger partial charge in [0.15, 0.2) is 5.96 Å². The van der Waals surface area contributed by atoms with Gasteiger partial charge in [-0.15, -0.1) is 0 Å². The number of hydrogen-bond donors (Lipinski definition) is 2. The van der Waals surface area contributed by atoms with E-state index in [1.54, 1.807) is 0 Å². The van der Waals surface area contributed by atoms with Crippen LogP contribution in [0, 0.1) is 0 Å². The van der Waals surface area contributed by atoms with Crippen LogP contribution >= 0.6 is 0 Å². The van der Waals surface area contributed by atoms with Crippen LogP contribution in [0.3, 0.4) is 0 Å². The number of nitrogens with two attached hydrogens (primary N) is 1. The molecule has 1 aliphatic rings. The summed E-state index contributed by atoms with van der Waals surface area (Å²) in [5, 5.41) is 7.79. The van der Waals surface area contributed by atoms with E-state index in [0.717, 1.165) is 64.3 Å². The zero-order chi connectivity index (χ0) is 17.4. The topological polar surface area (TPSA) is 80.7 Å². The largest absolute Gasteiger partial charge is 0.379 e. The Bertz CT molecular complexity index is 533. The van der Waals surface area contributed by atoms with Gasteiger partial charge in [-0.2, -0.15) is 5.10 Å². The summed E-state index contributed by atoms with van der Waals surface area (Å²) in [5.41, 5.74) is 9.60. The molecule has 1 aliphatic heterocycles. The Kier molecular flexibility index (Phi) is 7.52. The van der Waals surface area contributed by atoms with Crippen LogP contribution < -0.4 is 11.1 Å². The van der Waals surface area contributed by atoms with Crippen LogP contribution in [-0.2, 0) is 31.2 Å². The summed E-state index contributed by atoms with van der Waals surface area (Å²) < 4.78 is 7.32. The van der Waals surface area contributed by atoms with Crippen molar-refractivity contribution < 1.29 is 4.74 Å². The fourth-order valence-electron chi connectivity index (χ4n) is 3.14. The molecule has 24 heavy (non-hydrogen) atoms. The molecule has 0 bridgehead atoms. The summed E-state index contributed by atoms with van der Waals surface area (Å²) in [7, 11) is 2.00. The molecule has 1 fully saturated rings. The lowest BCUT2D eigenvalue weighted by atomic mass is 10.1. The predicted octanol–water partition coefficient (Wildman–Crippen LogP) is 0.672. The molecule has 0 aromatic carbocycles. The zero-order valence-corrected chi connectivity index (χ0v) is 15.3. The minimum atomic E-state index is 0.518. The first-order valence-electron chi connectivity index (χ1n) is 9.03. The van der Waals surface area contributed by atoms with Crippen molar-refractivity contribution in [2.24, 2.45) is 17.8 Å². The van der Waals surface area contributed by atoms with E-state index in [1.807, 2.05) is 11.7 Å². The lowest BCUT2D eigenvalue weighted by molar-refractivity contribution is 0.0376. The average Bonchev–Trinajstić information content (AvgIpc) is 2.92. The number of ether oxygens (including phenoxy) is 1. The molecule has 1 saturated heterocycles. The summed E-state index contributed by atoms with van der Waals surface area (Å²) in [4.78, 5) is 6.93. The third-order valence-electron chi connectivity index (χ3n) is 4.50. The highest BCUT2D eigenvalue weighted by atomic mass is 16.5. The monoisotopic (exact) mass is 336 g/mol. The SMILES string of the molecule is CCc1nn(C)c(CC)c1CN=C(N)NCCCN1CCOCC1. The molecule has 0 aliphatic carbocycles. The van der Waals surface area contributed by atoms with Crippen LogP contribution in [0.2, 0.25) is 0 Å². The molecule has 0 atom stereocenters. The maximum absolute atomic E-state index is 6.01. The number of nitrogens with one attached hydrogen (secondary N) is 1. The second-order valence-corrected chi connectivity index (χ2v) is 6.14. The standard InChI is InChI=1S/C17H32N6O/c1-4-15-14(16(5-2)22(3)21-15)13-20-17(18)19-7-6-8-23-9-11-24-12-10-23/h4-13H2,1-3H3,(H3,18,19,20). The van der Waals surface area contributed by atoms with Crippen LogP contribution in [0.1, 0.15) is 37.2 Å². The smallest absolute Gasteiger partial charge is 0.188 e. The molecular formula is C17H32N6O. The van der Waals surface area contributed by atoms with Crippen LogP contribution in [0.5, 0.6) is 0 Å². The van der Waals surface area contributed by atoms with Gasteiger partial charge in [0.1, 0.15) is 0 Å². The van der Waals surface area contributed by atoms with Gasteiger partial charge in [0.2, 0.25) is 0 Å². The molecule has 7 heteroatoms. The van der Waals surface area contributed by atoms with Crippen LogP contribution in [0.15, 0.2) is 4.99 Å². The highest BCUT2D eigenvalue weighted by Crippen LogP contribution is 2.16. The fourth-order valence-corrected chi connectivity index (χ4v) is 3.14. The summed E-state index contributed by atoms with van der Waals surface area (Å²) in [6, 6.07) is 0. The van der Waals surface area contributed by atoms with Crippen molar-refractivity contribution >= 4 is 5.96 Å². The molecule has 1 aromatic heterocycles. The molecule has 136 valence electrons. The van der Waals surface area contributed by atoms with Gasteiger partial charge in [-0.1, -0.05) is 13.8 Å². The van der Waals surface area contributed by atoms with Crippen molar-refractivity contribution in [3.63, 3.8) is 0 Å². The summed E-state index contributed by atoms with van der Waals surface area (Å²) in [5.74, 6) is 0.518. The Morgan fingerprint density at radius 3 is 2.71 bits per heavy atom. The van der Waals surface area contributed by atoms with E-state index in [2.05, 4.69) is 34.2 Å². The van der Waals surface area contributed by atoms with Crippen molar-refractivity contribution in [3.05, 3.63) is 17.0 Å². The fraction of sp³-hybridized carbons (Fsp3) is 0.765. The van der Waals surface area contributed by atoms with Crippen molar-refractivity contribution in [2.75, 3.05) is 39.4 Å². The molecular weight excluding hydrogens is 304 g/mol. The third-order valence-corrected chi connectivity index (χ3v) is 4.50. The maximum Gasteiger partial charge on any atom is 0.188 e. The van der Waals surface area contributed by atoms with Crippen molar-refractivity contribution in [1.82, 2.24) is 20.0 Å². The molecule has 7 nitrogen and oxygen atoms in total. The number of rotatable bonds is 8. The van der Waals surface area contributed by atoms with E-state index >= 15 is 0 Å². The summed E-state index contributed by atoms with van der Waals surface area (Å²) in [6.07, 6.45) is 2.94. The van der Waals surface area contributed by atoms with E-state index in [4.69, 9.17) is 10.5 Å². The zero-order valence-electron chi connectivity index (χ0n) is 15.3. The summed E-state index contributed by atoms with van der Waals surface area (Å²) in [6.45, 7) is 10.6. The second kappa shape index (κ2) is 9.64. The van der Waals surface area contributed by atoms with E-state index in [1.165, 1.54) is 11.3 Å². The Morgan fingerprint density at radius 1 is 1.29 bits per heavy atom. The quantitative estimate of drug-likeness (QED) is 0.414. The minimum Gasteiger partial charge on any atom is -0.379 e. The van der Waals surface area contributed by atoms with E-state index in [-0.39, 0.29) is 0 Å². The number of aromatic nitrogens is 2. The predicted molar refractivity (Wildman–Crippen MR) is 97.2 cm³/mol. The normalized spacial score (nSPS) is 16.5. The minimum absolute atomic E-state index is 0.518. The molecule has 2 heterocycles. The lowest BCUT2D eigenvalue weighted by Gasteiger charge is -2.26. The Balaban J connectivity index is 1.77. The van der Waals surface area contributed by atoms with Crippen molar-refractivity contribution in [2.45, 2.75) is 39.7 Å². The second-order valence-electron chi connectivity index (χ2n) is 6.14. The van der Waals surface area contributed by atoms with Crippen molar-refractivity contribution in [1.29, 1.82) is 0 Å². The number of hydrogen-bond acceptors (Lipinski definition) is 4. The molecule has 0 saturated carbocycles. The van der Waals surface area contributed by atoms with Crippen LogP contribution in [-0.4, -0.2) is 60.0 Å². The van der Waals surface area contributed by atoms with Gasteiger partial charge in [0.05, 0.1) is 25.5 Å². The van der Waals surface area contributed by atoms with Crippen LogP contribution in [0.4, 0.5) is 0 Å². The first-order chi connectivity index (χ1) is 11.7. The first-order valence-corrected chi connectivity index (χ1v) is 9.03. The number of aryl methyl sites for hydroxylation is 2. The third kappa shape index (κ3) is 5.21. The molecule has 0 amide bonds. The Labute approximate surface area is 145 Å². The number of morpholine rings is 1. The molecule has 2 rings (SSSR count). The maximum atomic E-state index is 6.01. The number of nitrogens with zero attached hydrogens (tertiary/aromatic N) is 4. The van der Waals surface area contributed by atoms with E-state index < -0.39 is 0 Å². The lowest BCUT2D eigenvalue weighted by Crippen LogP contribution is -2.39.